The molecule has 0 aliphatic heterocycles. The van der Waals surface area contributed by atoms with Crippen LogP contribution in [0.25, 0.3) is 11.0 Å². The fourth-order valence-corrected chi connectivity index (χ4v) is 4.54. The molecule has 1 N–H and O–H groups in total. The number of benzene rings is 1. The predicted molar refractivity (Wildman–Crippen MR) is 123 cm³/mol. The molecule has 174 valence electrons. The number of carbonyl (C=O) groups excluding carboxylic acids is 1. The minimum absolute atomic E-state index is 0.0498. The number of sulfonamides is 1. The first-order chi connectivity index (χ1) is 15.1. The number of aryl methyl sites for hydroxylation is 2. The van der Waals surface area contributed by atoms with Gasteiger partial charge in [-0.3, -0.25) is 9.69 Å². The van der Waals surface area contributed by atoms with Gasteiger partial charge in [-0.1, -0.05) is 0 Å². The van der Waals surface area contributed by atoms with Crippen LogP contribution in [-0.2, 0) is 27.8 Å². The van der Waals surface area contributed by atoms with Gasteiger partial charge in [-0.25, -0.2) is 17.7 Å². The Morgan fingerprint density at radius 2 is 1.97 bits per heavy atom. The quantitative estimate of drug-likeness (QED) is 0.497. The van der Waals surface area contributed by atoms with E-state index >= 15 is 0 Å². The molecule has 1 atom stereocenters. The second-order valence-corrected chi connectivity index (χ2v) is 10.2. The Bertz CT molecular complexity index is 1170. The standard InChI is InChI=1S/C22H31N5O4S/c1-6-27-18-10-9-16(32(29,30)26(4)5)14-17(18)24-21(27)11-12-22(28)23-15-19(25(2)3)20-8-7-13-31-20/h7-10,13-14,19H,6,11-12,15H2,1-5H3,(H,23,28). The molecule has 3 rings (SSSR count). The van der Waals surface area contributed by atoms with Crippen LogP contribution in [0.5, 0.6) is 0 Å². The van der Waals surface area contributed by atoms with Crippen LogP contribution in [-0.4, -0.2) is 67.8 Å². The Morgan fingerprint density at radius 1 is 1.22 bits per heavy atom. The van der Waals surface area contributed by atoms with Gasteiger partial charge in [0.15, 0.2) is 0 Å². The number of nitrogens with zero attached hydrogens (tertiary/aromatic N) is 4. The highest BCUT2D eigenvalue weighted by molar-refractivity contribution is 7.89. The van der Waals surface area contributed by atoms with E-state index in [0.29, 0.717) is 25.0 Å². The third-order valence-corrected chi connectivity index (χ3v) is 7.27. The number of hydrogen-bond donors (Lipinski definition) is 1. The van der Waals surface area contributed by atoms with E-state index in [1.54, 1.807) is 24.5 Å². The number of carbonyl (C=O) groups is 1. The Morgan fingerprint density at radius 3 is 2.56 bits per heavy atom. The molecule has 0 aliphatic carbocycles. The third kappa shape index (κ3) is 5.03. The van der Waals surface area contributed by atoms with E-state index in [9.17, 15) is 13.2 Å². The molecule has 0 bridgehead atoms. The molecule has 0 saturated heterocycles. The minimum atomic E-state index is -3.54. The summed E-state index contributed by atoms with van der Waals surface area (Å²) in [6.07, 6.45) is 2.36. The average Bonchev–Trinajstić information content (AvgIpc) is 3.39. The molecule has 0 radical (unpaired) electrons. The Hall–Kier alpha value is -2.69. The van der Waals surface area contributed by atoms with Crippen molar-refractivity contribution in [2.45, 2.75) is 37.2 Å². The van der Waals surface area contributed by atoms with Crippen molar-refractivity contribution in [3.63, 3.8) is 0 Å². The fourth-order valence-electron chi connectivity index (χ4n) is 3.62. The number of nitrogens with one attached hydrogen (secondary N) is 1. The molecule has 32 heavy (non-hydrogen) atoms. The average molecular weight is 462 g/mol. The second kappa shape index (κ2) is 9.85. The summed E-state index contributed by atoms with van der Waals surface area (Å²) in [6.45, 7) is 3.12. The van der Waals surface area contributed by atoms with Gasteiger partial charge in [0.2, 0.25) is 15.9 Å². The first-order valence-corrected chi connectivity index (χ1v) is 12.0. The van der Waals surface area contributed by atoms with Gasteiger partial charge in [-0.15, -0.1) is 0 Å². The van der Waals surface area contributed by atoms with Crippen molar-refractivity contribution < 1.29 is 17.6 Å². The lowest BCUT2D eigenvalue weighted by molar-refractivity contribution is -0.121. The Labute approximate surface area is 189 Å². The number of amides is 1. The molecule has 2 aromatic heterocycles. The van der Waals surface area contributed by atoms with Gasteiger partial charge in [-0.2, -0.15) is 0 Å². The van der Waals surface area contributed by atoms with Crippen LogP contribution in [0.2, 0.25) is 0 Å². The van der Waals surface area contributed by atoms with Crippen molar-refractivity contribution in [2.75, 3.05) is 34.7 Å². The Balaban J connectivity index is 1.70. The van der Waals surface area contributed by atoms with Crippen LogP contribution in [0.4, 0.5) is 0 Å². The van der Waals surface area contributed by atoms with Crippen molar-refractivity contribution in [1.29, 1.82) is 0 Å². The van der Waals surface area contributed by atoms with E-state index in [0.717, 1.165) is 17.1 Å². The number of imidazole rings is 1. The van der Waals surface area contributed by atoms with E-state index in [1.807, 2.05) is 42.6 Å². The zero-order valence-electron chi connectivity index (χ0n) is 19.2. The van der Waals surface area contributed by atoms with Crippen molar-refractivity contribution in [1.82, 2.24) is 24.1 Å². The highest BCUT2D eigenvalue weighted by Crippen LogP contribution is 2.23. The van der Waals surface area contributed by atoms with E-state index in [4.69, 9.17) is 4.42 Å². The van der Waals surface area contributed by atoms with Crippen molar-refractivity contribution in [2.24, 2.45) is 0 Å². The van der Waals surface area contributed by atoms with E-state index in [1.165, 1.54) is 18.4 Å². The smallest absolute Gasteiger partial charge is 0.242 e. The molecule has 3 aromatic rings. The van der Waals surface area contributed by atoms with Crippen LogP contribution >= 0.6 is 0 Å². The van der Waals surface area contributed by atoms with E-state index in [2.05, 4.69) is 10.3 Å². The molecule has 0 saturated carbocycles. The summed E-state index contributed by atoms with van der Waals surface area (Å²) in [5, 5.41) is 2.97. The zero-order valence-corrected chi connectivity index (χ0v) is 20.0. The van der Waals surface area contributed by atoms with Gasteiger partial charge in [0.25, 0.3) is 0 Å². The van der Waals surface area contributed by atoms with Crippen molar-refractivity contribution in [3.8, 4) is 0 Å². The number of rotatable bonds is 10. The molecular formula is C22H31N5O4S. The summed E-state index contributed by atoms with van der Waals surface area (Å²) in [5.74, 6) is 1.48. The summed E-state index contributed by atoms with van der Waals surface area (Å²) in [5.41, 5.74) is 1.46. The van der Waals surface area contributed by atoms with Crippen molar-refractivity contribution >= 4 is 27.0 Å². The molecule has 1 unspecified atom stereocenters. The summed E-state index contributed by atoms with van der Waals surface area (Å²) < 4.78 is 33.6. The largest absolute Gasteiger partial charge is 0.468 e. The maximum absolute atomic E-state index is 12.5. The molecule has 0 spiro atoms. The lowest BCUT2D eigenvalue weighted by Crippen LogP contribution is -2.34. The first kappa shape index (κ1) is 24.0. The van der Waals surface area contributed by atoms with Gasteiger partial charge >= 0.3 is 0 Å². The summed E-state index contributed by atoms with van der Waals surface area (Å²) >= 11 is 0. The maximum Gasteiger partial charge on any atom is 0.242 e. The highest BCUT2D eigenvalue weighted by atomic mass is 32.2. The SMILES string of the molecule is CCn1c(CCC(=O)NCC(c2ccco2)N(C)C)nc2cc(S(=O)(=O)N(C)C)ccc21. The van der Waals surface area contributed by atoms with Crippen LogP contribution < -0.4 is 5.32 Å². The van der Waals surface area contributed by atoms with Gasteiger partial charge in [0.05, 0.1) is 28.2 Å². The molecule has 10 heteroatoms. The predicted octanol–water partition coefficient (Wildman–Crippen LogP) is 2.25. The number of fused-ring (bicyclic) bond motifs is 1. The van der Waals surface area contributed by atoms with Gasteiger partial charge < -0.3 is 14.3 Å². The number of likely N-dealkylation sites (N-methyl/N-ethyl adjacent to an activating group) is 1. The van der Waals surface area contributed by atoms with Gasteiger partial charge in [-0.05, 0) is 51.4 Å². The number of furan rings is 1. The monoisotopic (exact) mass is 461 g/mol. The summed E-state index contributed by atoms with van der Waals surface area (Å²) in [4.78, 5) is 19.3. The molecule has 0 aliphatic rings. The van der Waals surface area contributed by atoms with Crippen molar-refractivity contribution in [3.05, 3.63) is 48.2 Å². The highest BCUT2D eigenvalue weighted by Gasteiger charge is 2.21. The molecule has 0 fully saturated rings. The topological polar surface area (TPSA) is 101 Å². The fraction of sp³-hybridized carbons (Fsp3) is 0.455. The summed E-state index contributed by atoms with van der Waals surface area (Å²) in [7, 11) is 3.34. The minimum Gasteiger partial charge on any atom is -0.468 e. The molecule has 2 heterocycles. The molecule has 9 nitrogen and oxygen atoms in total. The van der Waals surface area contributed by atoms with Crippen LogP contribution in [0.1, 0.15) is 31.0 Å². The zero-order chi connectivity index (χ0) is 23.5. The number of aromatic nitrogens is 2. The maximum atomic E-state index is 12.5. The van der Waals surface area contributed by atoms with Gasteiger partial charge in [0.1, 0.15) is 11.6 Å². The summed E-state index contributed by atoms with van der Waals surface area (Å²) in [6, 6.07) is 8.63. The third-order valence-electron chi connectivity index (χ3n) is 5.46. The first-order valence-electron chi connectivity index (χ1n) is 10.5. The van der Waals surface area contributed by atoms with Crippen LogP contribution in [0.15, 0.2) is 45.9 Å². The normalized spacial score (nSPS) is 13.2. The molecular weight excluding hydrogens is 430 g/mol. The number of hydrogen-bond acceptors (Lipinski definition) is 6. The molecule has 1 amide bonds. The molecule has 1 aromatic carbocycles. The Kier molecular flexibility index (Phi) is 7.37. The van der Waals surface area contributed by atoms with Crippen LogP contribution in [0, 0.1) is 0 Å². The van der Waals surface area contributed by atoms with Gasteiger partial charge in [0, 0.05) is 40.0 Å². The van der Waals surface area contributed by atoms with E-state index < -0.39 is 10.0 Å². The van der Waals surface area contributed by atoms with Crippen LogP contribution in [0.3, 0.4) is 0 Å². The second-order valence-electron chi connectivity index (χ2n) is 8.01. The lowest BCUT2D eigenvalue weighted by atomic mass is 10.2. The van der Waals surface area contributed by atoms with E-state index in [-0.39, 0.29) is 23.3 Å². The lowest BCUT2D eigenvalue weighted by Gasteiger charge is -2.22.